The smallest absolute Gasteiger partial charge is 0.246 e. The highest BCUT2D eigenvalue weighted by Gasteiger charge is 2.33. The summed E-state index contributed by atoms with van der Waals surface area (Å²) in [5.74, 6) is 0.744. The van der Waals surface area contributed by atoms with Crippen LogP contribution in [0.5, 0.6) is 0 Å². The number of aliphatic imine (C=N–C) groups is 1. The molecule has 0 spiro atoms. The molecule has 114 valence electrons. The zero-order valence-corrected chi connectivity index (χ0v) is 12.3. The van der Waals surface area contributed by atoms with Gasteiger partial charge in [0.15, 0.2) is 5.96 Å². The Kier molecular flexibility index (Phi) is 5.14. The third-order valence-electron chi connectivity index (χ3n) is 3.28. The van der Waals surface area contributed by atoms with Gasteiger partial charge in [-0.05, 0) is 43.5 Å². The van der Waals surface area contributed by atoms with Crippen molar-refractivity contribution in [3.8, 4) is 0 Å². The van der Waals surface area contributed by atoms with E-state index >= 15 is 0 Å². The van der Waals surface area contributed by atoms with Crippen LogP contribution >= 0.6 is 0 Å². The Morgan fingerprint density at radius 2 is 2.05 bits per heavy atom. The molecule has 1 amide bonds. The molecule has 1 aromatic rings. The third kappa shape index (κ3) is 5.06. The minimum absolute atomic E-state index is 0.0216. The lowest BCUT2D eigenvalue weighted by Gasteiger charge is -2.10. The van der Waals surface area contributed by atoms with E-state index in [1.54, 1.807) is 0 Å². The number of amides is 1. The molecular weight excluding hydrogens is 271 g/mol. The zero-order chi connectivity index (χ0) is 15.2. The van der Waals surface area contributed by atoms with E-state index < -0.39 is 0 Å². The number of nitrogens with zero attached hydrogens (tertiary/aromatic N) is 1. The number of hydrogen-bond donors (Lipinski definition) is 3. The lowest BCUT2D eigenvalue weighted by molar-refractivity contribution is -0.114. The van der Waals surface area contributed by atoms with Gasteiger partial charge in [-0.15, -0.1) is 0 Å². The molecule has 1 fully saturated rings. The Bertz CT molecular complexity index is 515. The van der Waals surface area contributed by atoms with Crippen molar-refractivity contribution in [1.29, 1.82) is 0 Å². The van der Waals surface area contributed by atoms with Crippen molar-refractivity contribution in [2.45, 2.75) is 26.3 Å². The Hall–Kier alpha value is -2.11. The van der Waals surface area contributed by atoms with Crippen molar-refractivity contribution >= 4 is 17.6 Å². The van der Waals surface area contributed by atoms with Gasteiger partial charge in [0.2, 0.25) is 5.91 Å². The zero-order valence-electron chi connectivity index (χ0n) is 12.3. The fourth-order valence-electron chi connectivity index (χ4n) is 1.90. The summed E-state index contributed by atoms with van der Waals surface area (Å²) in [4.78, 5) is 16.1. The summed E-state index contributed by atoms with van der Waals surface area (Å²) in [5, 5.41) is 9.06. The summed E-state index contributed by atoms with van der Waals surface area (Å²) >= 11 is 0. The Morgan fingerprint density at radius 3 is 2.62 bits per heavy atom. The van der Waals surface area contributed by atoms with E-state index in [1.807, 2.05) is 6.92 Å². The summed E-state index contributed by atoms with van der Waals surface area (Å²) in [5.41, 5.74) is 0.561. The van der Waals surface area contributed by atoms with E-state index in [1.165, 1.54) is 24.3 Å². The van der Waals surface area contributed by atoms with Gasteiger partial charge >= 0.3 is 0 Å². The molecule has 0 aromatic heterocycles. The number of guanidine groups is 1. The van der Waals surface area contributed by atoms with Crippen molar-refractivity contribution in [1.82, 2.24) is 10.6 Å². The van der Waals surface area contributed by atoms with Crippen LogP contribution in [0.1, 0.15) is 20.3 Å². The van der Waals surface area contributed by atoms with Crippen LogP contribution in [0, 0.1) is 11.7 Å². The highest BCUT2D eigenvalue weighted by molar-refractivity contribution is 5.94. The molecule has 1 aliphatic rings. The number of carbonyl (C=O) groups excluding carboxylic acids is 1. The summed E-state index contributed by atoms with van der Waals surface area (Å²) in [6.45, 7) is 4.91. The van der Waals surface area contributed by atoms with E-state index in [-0.39, 0.29) is 18.3 Å². The molecule has 0 saturated heterocycles. The minimum atomic E-state index is -0.330. The quantitative estimate of drug-likeness (QED) is 0.572. The fraction of sp³-hybridized carbons (Fsp3) is 0.467. The van der Waals surface area contributed by atoms with E-state index in [9.17, 15) is 9.18 Å². The molecule has 2 atom stereocenters. The molecule has 1 aromatic carbocycles. The van der Waals surface area contributed by atoms with Crippen LogP contribution in [0.4, 0.5) is 10.1 Å². The van der Waals surface area contributed by atoms with Gasteiger partial charge in [-0.1, -0.05) is 6.92 Å². The van der Waals surface area contributed by atoms with E-state index in [0.29, 0.717) is 23.6 Å². The summed E-state index contributed by atoms with van der Waals surface area (Å²) in [6.07, 6.45) is 1.13. The maximum absolute atomic E-state index is 12.8. The lowest BCUT2D eigenvalue weighted by Crippen LogP contribution is -2.39. The second-order valence-electron chi connectivity index (χ2n) is 5.21. The first-order chi connectivity index (χ1) is 10.1. The van der Waals surface area contributed by atoms with E-state index in [4.69, 9.17) is 0 Å². The first-order valence-corrected chi connectivity index (χ1v) is 7.18. The third-order valence-corrected chi connectivity index (χ3v) is 3.28. The minimum Gasteiger partial charge on any atom is -0.357 e. The SMILES string of the molecule is CCNC(=NCC(=O)Nc1ccc(F)cc1)NC1CC1C. The summed E-state index contributed by atoms with van der Waals surface area (Å²) in [7, 11) is 0. The highest BCUT2D eigenvalue weighted by Crippen LogP contribution is 2.28. The molecule has 1 aliphatic carbocycles. The summed E-state index contributed by atoms with van der Waals surface area (Å²) < 4.78 is 12.8. The van der Waals surface area contributed by atoms with Gasteiger partial charge in [-0.25, -0.2) is 9.38 Å². The predicted octanol–water partition coefficient (Wildman–Crippen LogP) is 1.73. The lowest BCUT2D eigenvalue weighted by atomic mass is 10.3. The molecule has 21 heavy (non-hydrogen) atoms. The van der Waals surface area contributed by atoms with Crippen molar-refractivity contribution in [3.63, 3.8) is 0 Å². The van der Waals surface area contributed by atoms with E-state index in [2.05, 4.69) is 27.9 Å². The van der Waals surface area contributed by atoms with Crippen LogP contribution in [0.3, 0.4) is 0 Å². The van der Waals surface area contributed by atoms with Crippen LogP contribution in [-0.2, 0) is 4.79 Å². The van der Waals surface area contributed by atoms with Crippen molar-refractivity contribution < 1.29 is 9.18 Å². The monoisotopic (exact) mass is 292 g/mol. The largest absolute Gasteiger partial charge is 0.357 e. The second-order valence-corrected chi connectivity index (χ2v) is 5.21. The van der Waals surface area contributed by atoms with Crippen LogP contribution < -0.4 is 16.0 Å². The van der Waals surface area contributed by atoms with Crippen molar-refractivity contribution in [2.24, 2.45) is 10.9 Å². The van der Waals surface area contributed by atoms with Crippen LogP contribution in [0.2, 0.25) is 0 Å². The highest BCUT2D eigenvalue weighted by atomic mass is 19.1. The molecular formula is C15H21FN4O. The molecule has 0 radical (unpaired) electrons. The standard InChI is InChI=1S/C15H21FN4O/c1-3-17-15(20-13-8-10(13)2)18-9-14(21)19-12-6-4-11(16)5-7-12/h4-7,10,13H,3,8-9H2,1-2H3,(H,19,21)(H2,17,18,20). The van der Waals surface area contributed by atoms with Crippen LogP contribution in [0.15, 0.2) is 29.3 Å². The number of carbonyl (C=O) groups is 1. The molecule has 0 heterocycles. The molecule has 6 heteroatoms. The van der Waals surface area contributed by atoms with Crippen molar-refractivity contribution in [3.05, 3.63) is 30.1 Å². The average Bonchev–Trinajstić information content (AvgIpc) is 3.14. The fourth-order valence-corrected chi connectivity index (χ4v) is 1.90. The molecule has 0 bridgehead atoms. The molecule has 2 rings (SSSR count). The topological polar surface area (TPSA) is 65.5 Å². The van der Waals surface area contributed by atoms with Gasteiger partial charge < -0.3 is 16.0 Å². The van der Waals surface area contributed by atoms with Gasteiger partial charge in [0.25, 0.3) is 0 Å². The molecule has 1 saturated carbocycles. The predicted molar refractivity (Wildman–Crippen MR) is 81.7 cm³/mol. The van der Waals surface area contributed by atoms with Crippen molar-refractivity contribution in [2.75, 3.05) is 18.4 Å². The number of benzene rings is 1. The number of anilines is 1. The number of hydrogen-bond acceptors (Lipinski definition) is 2. The Balaban J connectivity index is 1.84. The average molecular weight is 292 g/mol. The molecule has 5 nitrogen and oxygen atoms in total. The maximum Gasteiger partial charge on any atom is 0.246 e. The van der Waals surface area contributed by atoms with Gasteiger partial charge in [0.1, 0.15) is 12.4 Å². The van der Waals surface area contributed by atoms with Crippen LogP contribution in [-0.4, -0.2) is 31.0 Å². The Morgan fingerprint density at radius 1 is 1.38 bits per heavy atom. The molecule has 3 N–H and O–H groups in total. The number of rotatable bonds is 5. The molecule has 0 aliphatic heterocycles. The van der Waals surface area contributed by atoms with Crippen LogP contribution in [0.25, 0.3) is 0 Å². The first kappa shape index (κ1) is 15.3. The normalized spacial score (nSPS) is 20.8. The first-order valence-electron chi connectivity index (χ1n) is 7.18. The maximum atomic E-state index is 12.8. The number of nitrogens with one attached hydrogen (secondary N) is 3. The second kappa shape index (κ2) is 7.06. The number of halogens is 1. The molecule has 2 unspecified atom stereocenters. The van der Waals surface area contributed by atoms with E-state index in [0.717, 1.165) is 13.0 Å². The Labute approximate surface area is 124 Å². The van der Waals surface area contributed by atoms with Gasteiger partial charge in [-0.3, -0.25) is 4.79 Å². The van der Waals surface area contributed by atoms with Gasteiger partial charge in [-0.2, -0.15) is 0 Å². The van der Waals surface area contributed by atoms with Gasteiger partial charge in [0.05, 0.1) is 0 Å². The summed E-state index contributed by atoms with van der Waals surface area (Å²) in [6, 6.07) is 6.10. The van der Waals surface area contributed by atoms with Gasteiger partial charge in [0, 0.05) is 18.3 Å².